The van der Waals surface area contributed by atoms with Gasteiger partial charge in [0.1, 0.15) is 0 Å². The Kier molecular flexibility index (Phi) is 3.88. The lowest BCUT2D eigenvalue weighted by molar-refractivity contribution is 0.832. The van der Waals surface area contributed by atoms with Crippen molar-refractivity contribution in [3.63, 3.8) is 0 Å². The number of hydrogen-bond acceptors (Lipinski definition) is 3. The third kappa shape index (κ3) is 3.05. The van der Waals surface area contributed by atoms with Crippen LogP contribution in [0.1, 0.15) is 27.4 Å². The smallest absolute Gasteiger partial charge is 0.0648 e. The molecule has 0 fully saturated rings. The van der Waals surface area contributed by atoms with E-state index >= 15 is 0 Å². The summed E-state index contributed by atoms with van der Waals surface area (Å²) in [6.45, 7) is 6.24. The van der Waals surface area contributed by atoms with Crippen LogP contribution in [0.3, 0.4) is 0 Å². The van der Waals surface area contributed by atoms with Crippen LogP contribution in [-0.2, 0) is 12.8 Å². The number of hydrogen-bond donors (Lipinski definition) is 0. The number of rotatable bonds is 4. The predicted octanol–water partition coefficient (Wildman–Crippen LogP) is 4.04. The van der Waals surface area contributed by atoms with Crippen molar-refractivity contribution >= 4 is 11.5 Å². The highest BCUT2D eigenvalue weighted by atomic mass is 32.1. The van der Waals surface area contributed by atoms with Crippen molar-refractivity contribution < 1.29 is 0 Å². The van der Waals surface area contributed by atoms with Gasteiger partial charge in [0.2, 0.25) is 0 Å². The monoisotopic (exact) mass is 297 g/mol. The van der Waals surface area contributed by atoms with Gasteiger partial charge in [0, 0.05) is 16.8 Å². The maximum absolute atomic E-state index is 4.52. The van der Waals surface area contributed by atoms with E-state index in [0.29, 0.717) is 0 Å². The van der Waals surface area contributed by atoms with Gasteiger partial charge < -0.3 is 0 Å². The molecule has 0 saturated carbocycles. The second kappa shape index (κ2) is 5.82. The van der Waals surface area contributed by atoms with Crippen LogP contribution in [0.2, 0.25) is 0 Å². The molecule has 3 nitrogen and oxygen atoms in total. The van der Waals surface area contributed by atoms with E-state index in [2.05, 4.69) is 53.7 Å². The highest BCUT2D eigenvalue weighted by molar-refractivity contribution is 7.05. The summed E-state index contributed by atoms with van der Waals surface area (Å²) in [7, 11) is 0. The third-order valence-electron chi connectivity index (χ3n) is 3.68. The molecule has 0 aliphatic heterocycles. The normalized spacial score (nSPS) is 11.0. The molecule has 0 unspecified atom stereocenters. The Morgan fingerprint density at radius 2 is 1.81 bits per heavy atom. The van der Waals surface area contributed by atoms with E-state index in [1.165, 1.54) is 21.7 Å². The number of nitrogens with zero attached hydrogens (tertiary/aromatic N) is 3. The lowest BCUT2D eigenvalue weighted by atomic mass is 10.1. The molecule has 3 rings (SSSR count). The molecule has 0 atom stereocenters. The second-order valence-electron chi connectivity index (χ2n) is 5.44. The summed E-state index contributed by atoms with van der Waals surface area (Å²) in [5, 5.41) is 4.52. The lowest BCUT2D eigenvalue weighted by Crippen LogP contribution is -1.99. The van der Waals surface area contributed by atoms with Crippen molar-refractivity contribution in [3.05, 3.63) is 63.9 Å². The summed E-state index contributed by atoms with van der Waals surface area (Å²) < 4.78 is 6.22. The summed E-state index contributed by atoms with van der Waals surface area (Å²) in [6, 6.07) is 10.8. The summed E-state index contributed by atoms with van der Waals surface area (Å²) in [4.78, 5) is 1.39. The quantitative estimate of drug-likeness (QED) is 0.727. The van der Waals surface area contributed by atoms with Crippen molar-refractivity contribution in [2.75, 3.05) is 0 Å². The zero-order valence-electron chi connectivity index (χ0n) is 12.6. The minimum atomic E-state index is 1.05. The molecule has 0 amide bonds. The molecule has 1 aromatic carbocycles. The van der Waals surface area contributed by atoms with E-state index in [1.54, 1.807) is 11.5 Å². The fourth-order valence-corrected chi connectivity index (χ4v) is 3.24. The fourth-order valence-electron chi connectivity index (χ4n) is 2.51. The molecule has 0 bridgehead atoms. The van der Waals surface area contributed by atoms with Crippen molar-refractivity contribution in [2.45, 2.75) is 33.6 Å². The highest BCUT2D eigenvalue weighted by Crippen LogP contribution is 2.17. The van der Waals surface area contributed by atoms with Gasteiger partial charge in [-0.2, -0.15) is 5.10 Å². The molecule has 0 radical (unpaired) electrons. The maximum Gasteiger partial charge on any atom is 0.0648 e. The van der Waals surface area contributed by atoms with Gasteiger partial charge in [0.15, 0.2) is 0 Å². The van der Waals surface area contributed by atoms with Gasteiger partial charge in [-0.15, -0.1) is 0 Å². The second-order valence-corrected chi connectivity index (χ2v) is 6.32. The summed E-state index contributed by atoms with van der Waals surface area (Å²) in [5.41, 5.74) is 6.00. The van der Waals surface area contributed by atoms with Gasteiger partial charge in [-0.1, -0.05) is 12.1 Å². The Morgan fingerprint density at radius 1 is 1.05 bits per heavy atom. The number of aryl methyl sites for hydroxylation is 5. The number of aromatic nitrogens is 3. The lowest BCUT2D eigenvalue weighted by Gasteiger charge is -2.06. The Labute approximate surface area is 129 Å². The first-order valence-electron chi connectivity index (χ1n) is 7.16. The van der Waals surface area contributed by atoms with E-state index in [-0.39, 0.29) is 0 Å². The van der Waals surface area contributed by atoms with Gasteiger partial charge >= 0.3 is 0 Å². The topological polar surface area (TPSA) is 30.7 Å². The molecule has 108 valence electrons. The van der Waals surface area contributed by atoms with Gasteiger partial charge in [0.25, 0.3) is 0 Å². The van der Waals surface area contributed by atoms with E-state index in [1.807, 2.05) is 17.8 Å². The largest absolute Gasteiger partial charge is 0.238 e. The predicted molar refractivity (Wildman–Crippen MR) is 87.3 cm³/mol. The molecule has 3 aromatic rings. The minimum Gasteiger partial charge on any atom is -0.238 e. The molecule has 0 aliphatic carbocycles. The zero-order valence-corrected chi connectivity index (χ0v) is 13.4. The van der Waals surface area contributed by atoms with Crippen molar-refractivity contribution in [1.29, 1.82) is 0 Å². The number of benzene rings is 1. The Hall–Kier alpha value is -1.94. The Bertz CT molecular complexity index is 738. The van der Waals surface area contributed by atoms with Crippen LogP contribution in [-0.4, -0.2) is 14.2 Å². The van der Waals surface area contributed by atoms with Crippen LogP contribution in [0.5, 0.6) is 0 Å². The SMILES string of the molecule is Cc1cc(C)n(-c2ccc(CCc3sncc3C)cc2)n1. The summed E-state index contributed by atoms with van der Waals surface area (Å²) in [5.74, 6) is 0. The van der Waals surface area contributed by atoms with Crippen molar-refractivity contribution in [2.24, 2.45) is 0 Å². The van der Waals surface area contributed by atoms with Crippen molar-refractivity contribution in [3.8, 4) is 5.69 Å². The Morgan fingerprint density at radius 3 is 2.38 bits per heavy atom. The van der Waals surface area contributed by atoms with Crippen LogP contribution in [0, 0.1) is 20.8 Å². The van der Waals surface area contributed by atoms with Crippen LogP contribution in [0.4, 0.5) is 0 Å². The Balaban J connectivity index is 1.72. The fraction of sp³-hybridized carbons (Fsp3) is 0.294. The van der Waals surface area contributed by atoms with Gasteiger partial charge in [-0.05, 0) is 74.5 Å². The molecule has 2 heterocycles. The average Bonchev–Trinajstić information content (AvgIpc) is 3.03. The van der Waals surface area contributed by atoms with E-state index < -0.39 is 0 Å². The van der Waals surface area contributed by atoms with Gasteiger partial charge in [0.05, 0.1) is 11.4 Å². The molecule has 21 heavy (non-hydrogen) atoms. The van der Waals surface area contributed by atoms with E-state index in [0.717, 1.165) is 24.2 Å². The van der Waals surface area contributed by atoms with Gasteiger partial charge in [-0.25, -0.2) is 9.06 Å². The highest BCUT2D eigenvalue weighted by Gasteiger charge is 2.05. The van der Waals surface area contributed by atoms with Crippen LogP contribution in [0.25, 0.3) is 5.69 Å². The summed E-state index contributed by atoms with van der Waals surface area (Å²) in [6.07, 6.45) is 4.07. The molecule has 0 spiro atoms. The first kappa shape index (κ1) is 14.0. The van der Waals surface area contributed by atoms with Gasteiger partial charge in [-0.3, -0.25) is 0 Å². The molecular weight excluding hydrogens is 278 g/mol. The molecule has 2 aromatic heterocycles. The first-order chi connectivity index (χ1) is 10.1. The zero-order chi connectivity index (χ0) is 14.8. The standard InChI is InChI=1S/C17H19N3S/c1-12-11-18-21-17(12)9-6-15-4-7-16(8-5-15)20-14(3)10-13(2)19-20/h4-5,7-8,10-11H,6,9H2,1-3H3. The van der Waals surface area contributed by atoms with Crippen LogP contribution in [0.15, 0.2) is 36.5 Å². The van der Waals surface area contributed by atoms with E-state index in [4.69, 9.17) is 0 Å². The van der Waals surface area contributed by atoms with Crippen LogP contribution >= 0.6 is 11.5 Å². The third-order valence-corrected chi connectivity index (χ3v) is 4.64. The average molecular weight is 297 g/mol. The molecule has 0 saturated heterocycles. The van der Waals surface area contributed by atoms with E-state index in [9.17, 15) is 0 Å². The summed E-state index contributed by atoms with van der Waals surface area (Å²) >= 11 is 1.61. The molecule has 0 aliphatic rings. The first-order valence-corrected chi connectivity index (χ1v) is 7.93. The maximum atomic E-state index is 4.52. The van der Waals surface area contributed by atoms with Crippen LogP contribution < -0.4 is 0 Å². The molecule has 4 heteroatoms. The molecule has 0 N–H and O–H groups in total. The van der Waals surface area contributed by atoms with Crippen molar-refractivity contribution in [1.82, 2.24) is 14.2 Å². The molecular formula is C17H19N3S. The minimum absolute atomic E-state index is 1.05.